The Morgan fingerprint density at radius 2 is 2.36 bits per heavy atom. The van der Waals surface area contributed by atoms with Crippen molar-refractivity contribution in [3.05, 3.63) is 17.7 Å². The van der Waals surface area contributed by atoms with E-state index in [9.17, 15) is 0 Å². The summed E-state index contributed by atoms with van der Waals surface area (Å²) in [5.74, 6) is 1.10. The molecule has 0 spiro atoms. The van der Waals surface area contributed by atoms with Crippen LogP contribution in [0.25, 0.3) is 0 Å². The molecule has 1 rings (SSSR count). The second kappa shape index (κ2) is 3.53. The summed E-state index contributed by atoms with van der Waals surface area (Å²) in [6.45, 7) is 5.78. The fraction of sp³-hybridized carbons (Fsp3) is 0.625. The zero-order valence-corrected chi connectivity index (χ0v) is 7.17. The molecule has 0 aliphatic heterocycles. The van der Waals surface area contributed by atoms with Gasteiger partial charge in [0.05, 0.1) is 5.69 Å². The number of nitrogens with two attached hydrogens (primary N) is 1. The highest BCUT2D eigenvalue weighted by Crippen LogP contribution is 2.01. The SMILES string of the molecule is CCn1cc(C)nc1CCN. The molecule has 0 radical (unpaired) electrons. The third-order valence-corrected chi connectivity index (χ3v) is 1.69. The Bertz CT molecular complexity index is 227. The van der Waals surface area contributed by atoms with Crippen molar-refractivity contribution in [2.24, 2.45) is 5.73 Å². The summed E-state index contributed by atoms with van der Waals surface area (Å²) >= 11 is 0. The molecule has 0 saturated carbocycles. The molecule has 0 fully saturated rings. The van der Waals surface area contributed by atoms with Crippen molar-refractivity contribution >= 4 is 0 Å². The second-order valence-corrected chi connectivity index (χ2v) is 2.62. The van der Waals surface area contributed by atoms with Gasteiger partial charge in [-0.2, -0.15) is 0 Å². The lowest BCUT2D eigenvalue weighted by Crippen LogP contribution is -2.08. The first-order valence-corrected chi connectivity index (χ1v) is 4.00. The highest BCUT2D eigenvalue weighted by molar-refractivity contribution is 5.02. The molecule has 3 nitrogen and oxygen atoms in total. The van der Waals surface area contributed by atoms with Crippen LogP contribution in [0, 0.1) is 6.92 Å². The molecule has 0 atom stereocenters. The van der Waals surface area contributed by atoms with Crippen LogP contribution in [0.15, 0.2) is 6.20 Å². The Kier molecular flexibility index (Phi) is 2.65. The molecule has 1 aromatic rings. The Morgan fingerprint density at radius 1 is 1.64 bits per heavy atom. The van der Waals surface area contributed by atoms with Crippen LogP contribution in [0.2, 0.25) is 0 Å². The predicted molar refractivity (Wildman–Crippen MR) is 45.4 cm³/mol. The predicted octanol–water partition coefficient (Wildman–Crippen LogP) is 0.713. The summed E-state index contributed by atoms with van der Waals surface area (Å²) in [6.07, 6.45) is 2.94. The number of imidazole rings is 1. The van der Waals surface area contributed by atoms with E-state index in [2.05, 4.69) is 22.7 Å². The summed E-state index contributed by atoms with van der Waals surface area (Å²) in [5.41, 5.74) is 6.52. The van der Waals surface area contributed by atoms with Gasteiger partial charge in [-0.1, -0.05) is 0 Å². The van der Waals surface area contributed by atoms with Gasteiger partial charge in [-0.15, -0.1) is 0 Å². The van der Waals surface area contributed by atoms with Crippen LogP contribution < -0.4 is 5.73 Å². The molecule has 2 N–H and O–H groups in total. The monoisotopic (exact) mass is 153 g/mol. The highest BCUT2D eigenvalue weighted by atomic mass is 15.1. The number of aryl methyl sites for hydroxylation is 2. The van der Waals surface area contributed by atoms with Crippen molar-refractivity contribution in [3.8, 4) is 0 Å². The first-order valence-electron chi connectivity index (χ1n) is 4.00. The Hall–Kier alpha value is -0.830. The van der Waals surface area contributed by atoms with Crippen LogP contribution in [0.5, 0.6) is 0 Å². The van der Waals surface area contributed by atoms with Crippen molar-refractivity contribution in [3.63, 3.8) is 0 Å². The smallest absolute Gasteiger partial charge is 0.110 e. The lowest BCUT2D eigenvalue weighted by Gasteiger charge is -2.00. The van der Waals surface area contributed by atoms with E-state index in [0.717, 1.165) is 24.5 Å². The fourth-order valence-electron chi connectivity index (χ4n) is 1.20. The fourth-order valence-corrected chi connectivity index (χ4v) is 1.20. The van der Waals surface area contributed by atoms with Gasteiger partial charge in [-0.25, -0.2) is 4.98 Å². The summed E-state index contributed by atoms with van der Waals surface area (Å²) in [6, 6.07) is 0. The van der Waals surface area contributed by atoms with Gasteiger partial charge in [-0.05, 0) is 20.4 Å². The Balaban J connectivity index is 2.83. The minimum atomic E-state index is 0.677. The molecule has 0 aliphatic rings. The molecule has 1 aromatic heterocycles. The van der Waals surface area contributed by atoms with Crippen LogP contribution in [0.3, 0.4) is 0 Å². The van der Waals surface area contributed by atoms with Gasteiger partial charge in [0.15, 0.2) is 0 Å². The molecule has 62 valence electrons. The molecule has 0 aromatic carbocycles. The van der Waals surface area contributed by atoms with Crippen molar-refractivity contribution in [2.45, 2.75) is 26.8 Å². The zero-order valence-electron chi connectivity index (χ0n) is 7.17. The lowest BCUT2D eigenvalue weighted by atomic mass is 10.4. The normalized spacial score (nSPS) is 10.5. The topological polar surface area (TPSA) is 43.8 Å². The van der Waals surface area contributed by atoms with Crippen LogP contribution >= 0.6 is 0 Å². The van der Waals surface area contributed by atoms with Crippen molar-refractivity contribution in [1.29, 1.82) is 0 Å². The maximum atomic E-state index is 5.44. The minimum Gasteiger partial charge on any atom is -0.335 e. The van der Waals surface area contributed by atoms with E-state index < -0.39 is 0 Å². The molecule has 3 heteroatoms. The van der Waals surface area contributed by atoms with E-state index in [1.54, 1.807) is 0 Å². The Morgan fingerprint density at radius 3 is 2.91 bits per heavy atom. The zero-order chi connectivity index (χ0) is 8.27. The molecule has 0 bridgehead atoms. The molecular weight excluding hydrogens is 138 g/mol. The molecule has 1 heterocycles. The summed E-state index contributed by atoms with van der Waals surface area (Å²) in [5, 5.41) is 0. The Labute approximate surface area is 67.2 Å². The quantitative estimate of drug-likeness (QED) is 0.695. The number of nitrogens with zero attached hydrogens (tertiary/aromatic N) is 2. The van der Waals surface area contributed by atoms with Gasteiger partial charge < -0.3 is 10.3 Å². The van der Waals surface area contributed by atoms with Crippen LogP contribution in [0.4, 0.5) is 0 Å². The molecule has 0 amide bonds. The largest absolute Gasteiger partial charge is 0.335 e. The van der Waals surface area contributed by atoms with Gasteiger partial charge in [0, 0.05) is 19.2 Å². The van der Waals surface area contributed by atoms with Crippen molar-refractivity contribution in [1.82, 2.24) is 9.55 Å². The third kappa shape index (κ3) is 1.80. The van der Waals surface area contributed by atoms with Crippen LogP contribution in [-0.4, -0.2) is 16.1 Å². The molecule has 0 aliphatic carbocycles. The van der Waals surface area contributed by atoms with Gasteiger partial charge >= 0.3 is 0 Å². The van der Waals surface area contributed by atoms with Crippen LogP contribution in [0.1, 0.15) is 18.4 Å². The van der Waals surface area contributed by atoms with Gasteiger partial charge in [-0.3, -0.25) is 0 Å². The first kappa shape index (κ1) is 8.27. The number of aromatic nitrogens is 2. The van der Waals surface area contributed by atoms with Gasteiger partial charge in [0.2, 0.25) is 0 Å². The van der Waals surface area contributed by atoms with E-state index in [-0.39, 0.29) is 0 Å². The van der Waals surface area contributed by atoms with E-state index >= 15 is 0 Å². The second-order valence-electron chi connectivity index (χ2n) is 2.62. The van der Waals surface area contributed by atoms with Crippen molar-refractivity contribution in [2.75, 3.05) is 6.54 Å². The number of hydrogen-bond donors (Lipinski definition) is 1. The average Bonchev–Trinajstić information content (AvgIpc) is 2.32. The first-order chi connectivity index (χ1) is 5.27. The summed E-state index contributed by atoms with van der Waals surface area (Å²) in [4.78, 5) is 4.35. The van der Waals surface area contributed by atoms with Crippen LogP contribution in [-0.2, 0) is 13.0 Å². The third-order valence-electron chi connectivity index (χ3n) is 1.69. The maximum absolute atomic E-state index is 5.44. The van der Waals surface area contributed by atoms with E-state index in [0.29, 0.717) is 6.54 Å². The van der Waals surface area contributed by atoms with E-state index in [1.807, 2.05) is 6.92 Å². The number of hydrogen-bond acceptors (Lipinski definition) is 2. The van der Waals surface area contributed by atoms with E-state index in [4.69, 9.17) is 5.73 Å². The van der Waals surface area contributed by atoms with Gasteiger partial charge in [0.1, 0.15) is 5.82 Å². The summed E-state index contributed by atoms with van der Waals surface area (Å²) in [7, 11) is 0. The van der Waals surface area contributed by atoms with Gasteiger partial charge in [0.25, 0.3) is 0 Å². The highest BCUT2D eigenvalue weighted by Gasteiger charge is 2.01. The number of rotatable bonds is 3. The lowest BCUT2D eigenvalue weighted by molar-refractivity contribution is 0.693. The van der Waals surface area contributed by atoms with E-state index in [1.165, 1.54) is 0 Å². The molecule has 11 heavy (non-hydrogen) atoms. The molecule has 0 saturated heterocycles. The minimum absolute atomic E-state index is 0.677. The van der Waals surface area contributed by atoms with Crippen molar-refractivity contribution < 1.29 is 0 Å². The maximum Gasteiger partial charge on any atom is 0.110 e. The average molecular weight is 153 g/mol. The molecular formula is C8H15N3. The summed E-state index contributed by atoms with van der Waals surface area (Å²) < 4.78 is 2.14. The molecule has 0 unspecified atom stereocenters. The standard InChI is InChI=1S/C8H15N3/c1-3-11-6-7(2)10-8(11)4-5-9/h6H,3-5,9H2,1-2H3.